The predicted octanol–water partition coefficient (Wildman–Crippen LogP) is 3.56. The molecule has 0 aromatic heterocycles. The van der Waals surface area contributed by atoms with E-state index < -0.39 is 20.0 Å². The molecule has 36 heavy (non-hydrogen) atoms. The smallest absolute Gasteiger partial charge is 0.265 e. The molecule has 9 nitrogen and oxygen atoms in total. The summed E-state index contributed by atoms with van der Waals surface area (Å²) in [4.78, 5) is 13.1. The number of carbonyl (C=O) groups is 1. The van der Waals surface area contributed by atoms with Crippen LogP contribution in [0.5, 0.6) is 5.75 Å². The first-order chi connectivity index (χ1) is 17.2. The van der Waals surface area contributed by atoms with Crippen LogP contribution in [0.2, 0.25) is 0 Å². The standard InChI is InChI=1S/C25H27N3O6S2/c1-34-22-13-12-19(35(30,31)27-14-2-3-15-27)17-20(22)26-24(29)11-6-16-28-21-9-4-7-18-8-5-10-23(25(18)21)36(28,32)33/h4-5,7-10,12-13,17H,2-3,6,11,14-16H2,1H3,(H,26,29). The molecule has 0 radical (unpaired) electrons. The molecule has 0 saturated carbocycles. The minimum Gasteiger partial charge on any atom is -0.495 e. The molecule has 2 aliphatic heterocycles. The van der Waals surface area contributed by atoms with Crippen LogP contribution < -0.4 is 14.4 Å². The van der Waals surface area contributed by atoms with E-state index in [-0.39, 0.29) is 40.8 Å². The zero-order valence-corrected chi connectivity index (χ0v) is 21.4. The Bertz CT molecular complexity index is 1540. The summed E-state index contributed by atoms with van der Waals surface area (Å²) in [5.74, 6) is -0.0238. The van der Waals surface area contributed by atoms with Crippen molar-refractivity contribution in [3.8, 4) is 5.75 Å². The van der Waals surface area contributed by atoms with Gasteiger partial charge in [-0.1, -0.05) is 24.3 Å². The highest BCUT2D eigenvalue weighted by Gasteiger charge is 2.35. The number of anilines is 2. The molecule has 0 aliphatic carbocycles. The third kappa shape index (κ3) is 4.21. The summed E-state index contributed by atoms with van der Waals surface area (Å²) in [6.07, 6.45) is 1.98. The van der Waals surface area contributed by atoms with Crippen LogP contribution in [-0.2, 0) is 24.8 Å². The number of carbonyl (C=O) groups excluding carboxylic acids is 1. The van der Waals surface area contributed by atoms with E-state index in [1.54, 1.807) is 18.2 Å². The SMILES string of the molecule is COc1ccc(S(=O)(=O)N2CCCC2)cc1NC(=O)CCCN1c2cccc3cccc(c23)S1(=O)=O. The fourth-order valence-electron chi connectivity index (χ4n) is 4.82. The second-order valence-corrected chi connectivity index (χ2v) is 12.6. The van der Waals surface area contributed by atoms with Gasteiger partial charge in [0.2, 0.25) is 15.9 Å². The molecule has 1 fully saturated rings. The van der Waals surface area contributed by atoms with Crippen molar-refractivity contribution in [2.75, 3.05) is 36.4 Å². The average molecular weight is 530 g/mol. The summed E-state index contributed by atoms with van der Waals surface area (Å²) in [6.45, 7) is 1.10. The summed E-state index contributed by atoms with van der Waals surface area (Å²) in [7, 11) is -5.90. The van der Waals surface area contributed by atoms with Gasteiger partial charge in [0.15, 0.2) is 0 Å². The van der Waals surface area contributed by atoms with Crippen LogP contribution >= 0.6 is 0 Å². The Hall–Kier alpha value is -3.15. The lowest BCUT2D eigenvalue weighted by Gasteiger charge is -2.19. The first-order valence-corrected chi connectivity index (χ1v) is 14.6. The molecule has 0 atom stereocenters. The largest absolute Gasteiger partial charge is 0.495 e. The fourth-order valence-corrected chi connectivity index (χ4v) is 8.11. The Balaban J connectivity index is 1.28. The molecule has 1 saturated heterocycles. The van der Waals surface area contributed by atoms with Crippen LogP contribution in [0.4, 0.5) is 11.4 Å². The third-order valence-electron chi connectivity index (χ3n) is 6.59. The average Bonchev–Trinajstić information content (AvgIpc) is 3.48. The number of rotatable bonds is 8. The molecule has 1 N–H and O–H groups in total. The van der Waals surface area contributed by atoms with Gasteiger partial charge in [0.25, 0.3) is 10.0 Å². The first-order valence-electron chi connectivity index (χ1n) is 11.8. The number of ether oxygens (including phenoxy) is 1. The number of sulfonamides is 2. The number of hydrogen-bond donors (Lipinski definition) is 1. The Morgan fingerprint density at radius 3 is 2.50 bits per heavy atom. The van der Waals surface area contributed by atoms with E-state index in [2.05, 4.69) is 5.32 Å². The van der Waals surface area contributed by atoms with Gasteiger partial charge in [-0.05, 0) is 55.0 Å². The van der Waals surface area contributed by atoms with Gasteiger partial charge >= 0.3 is 0 Å². The molecular formula is C25H27N3O6S2. The zero-order chi connectivity index (χ0) is 25.5. The number of benzene rings is 3. The van der Waals surface area contributed by atoms with E-state index in [0.29, 0.717) is 29.9 Å². The van der Waals surface area contributed by atoms with Gasteiger partial charge < -0.3 is 10.1 Å². The van der Waals surface area contributed by atoms with Crippen LogP contribution in [0.15, 0.2) is 64.4 Å². The molecule has 2 heterocycles. The second-order valence-electron chi connectivity index (χ2n) is 8.83. The summed E-state index contributed by atoms with van der Waals surface area (Å²) in [6, 6.07) is 15.1. The first kappa shape index (κ1) is 24.5. The van der Waals surface area contributed by atoms with E-state index >= 15 is 0 Å². The minimum absolute atomic E-state index is 0.0462. The molecule has 1 amide bonds. The lowest BCUT2D eigenvalue weighted by molar-refractivity contribution is -0.116. The fraction of sp³-hybridized carbons (Fsp3) is 0.320. The van der Waals surface area contributed by atoms with Crippen molar-refractivity contribution in [1.29, 1.82) is 0 Å². The van der Waals surface area contributed by atoms with Crippen molar-refractivity contribution < 1.29 is 26.4 Å². The van der Waals surface area contributed by atoms with E-state index in [1.807, 2.05) is 18.2 Å². The van der Waals surface area contributed by atoms with Gasteiger partial charge in [-0.2, -0.15) is 4.31 Å². The topological polar surface area (TPSA) is 113 Å². The summed E-state index contributed by atoms with van der Waals surface area (Å²) in [5.41, 5.74) is 0.874. The Labute approximate surface area is 210 Å². The lowest BCUT2D eigenvalue weighted by atomic mass is 10.1. The highest BCUT2D eigenvalue weighted by atomic mass is 32.2. The van der Waals surface area contributed by atoms with Crippen LogP contribution in [0, 0.1) is 0 Å². The van der Waals surface area contributed by atoms with E-state index in [1.165, 1.54) is 33.9 Å². The van der Waals surface area contributed by atoms with Crippen molar-refractivity contribution in [1.82, 2.24) is 4.31 Å². The van der Waals surface area contributed by atoms with Gasteiger partial charge in [0, 0.05) is 31.4 Å². The molecule has 0 spiro atoms. The molecule has 0 bridgehead atoms. The van der Waals surface area contributed by atoms with E-state index in [4.69, 9.17) is 4.74 Å². The molecule has 5 rings (SSSR count). The molecule has 3 aromatic rings. The van der Waals surface area contributed by atoms with Crippen molar-refractivity contribution in [2.45, 2.75) is 35.5 Å². The summed E-state index contributed by atoms with van der Waals surface area (Å²) in [5, 5.41) is 4.28. The van der Waals surface area contributed by atoms with Crippen LogP contribution in [0.25, 0.3) is 10.8 Å². The minimum atomic E-state index is -3.69. The summed E-state index contributed by atoms with van der Waals surface area (Å²) < 4.78 is 60.2. The Kier molecular flexibility index (Phi) is 6.39. The predicted molar refractivity (Wildman–Crippen MR) is 137 cm³/mol. The van der Waals surface area contributed by atoms with Crippen molar-refractivity contribution in [3.63, 3.8) is 0 Å². The van der Waals surface area contributed by atoms with Gasteiger partial charge in [-0.25, -0.2) is 16.8 Å². The molecule has 11 heteroatoms. The maximum absolute atomic E-state index is 13.1. The number of nitrogens with one attached hydrogen (secondary N) is 1. The highest BCUT2D eigenvalue weighted by Crippen LogP contribution is 2.42. The Morgan fingerprint density at radius 1 is 1.06 bits per heavy atom. The number of methoxy groups -OCH3 is 1. The van der Waals surface area contributed by atoms with E-state index in [0.717, 1.165) is 18.2 Å². The zero-order valence-electron chi connectivity index (χ0n) is 19.8. The monoisotopic (exact) mass is 529 g/mol. The van der Waals surface area contributed by atoms with Gasteiger partial charge in [0.1, 0.15) is 5.75 Å². The molecular weight excluding hydrogens is 502 g/mol. The lowest BCUT2D eigenvalue weighted by Crippen LogP contribution is -2.29. The molecule has 3 aromatic carbocycles. The van der Waals surface area contributed by atoms with Gasteiger partial charge in [0.05, 0.1) is 28.3 Å². The number of nitrogens with zero attached hydrogens (tertiary/aromatic N) is 2. The van der Waals surface area contributed by atoms with Crippen LogP contribution in [-0.4, -0.2) is 53.8 Å². The van der Waals surface area contributed by atoms with Gasteiger partial charge in [-0.15, -0.1) is 0 Å². The second kappa shape index (κ2) is 9.38. The normalized spacial score (nSPS) is 17.0. The molecule has 2 aliphatic rings. The van der Waals surface area contributed by atoms with Crippen molar-refractivity contribution in [3.05, 3.63) is 54.6 Å². The third-order valence-corrected chi connectivity index (χ3v) is 10.3. The Morgan fingerprint density at radius 2 is 1.78 bits per heavy atom. The highest BCUT2D eigenvalue weighted by molar-refractivity contribution is 7.93. The van der Waals surface area contributed by atoms with Crippen LogP contribution in [0.3, 0.4) is 0 Å². The quantitative estimate of drug-likeness (QED) is 0.477. The van der Waals surface area contributed by atoms with Crippen LogP contribution in [0.1, 0.15) is 25.7 Å². The molecule has 0 unspecified atom stereocenters. The number of amides is 1. The summed E-state index contributed by atoms with van der Waals surface area (Å²) >= 11 is 0. The number of hydrogen-bond acceptors (Lipinski definition) is 6. The van der Waals surface area contributed by atoms with E-state index in [9.17, 15) is 21.6 Å². The molecule has 190 valence electrons. The van der Waals surface area contributed by atoms with Crippen molar-refractivity contribution >= 4 is 48.1 Å². The van der Waals surface area contributed by atoms with Crippen molar-refractivity contribution in [2.24, 2.45) is 0 Å². The maximum Gasteiger partial charge on any atom is 0.265 e. The maximum atomic E-state index is 13.1. The van der Waals surface area contributed by atoms with Gasteiger partial charge in [-0.3, -0.25) is 9.10 Å².